The molecule has 1 aromatic heterocycles. The Bertz CT molecular complexity index is 2630. The van der Waals surface area contributed by atoms with Gasteiger partial charge < -0.3 is 0 Å². The van der Waals surface area contributed by atoms with Crippen LogP contribution < -0.4 is 0 Å². The van der Waals surface area contributed by atoms with E-state index in [-0.39, 0.29) is 0 Å². The van der Waals surface area contributed by atoms with E-state index in [1.165, 1.54) is 0 Å². The molecule has 0 saturated carbocycles. The number of rotatable bonds is 7. The van der Waals surface area contributed by atoms with E-state index in [0.717, 1.165) is 61.2 Å². The standard InChI is InChI=1S/C47H29N5/c1-49-42-20-10-18-40(29-42)43-26-25-38(30-44(43)39-17-8-11-32(27-39)31-48)34-21-23-36(24-22-34)46-50-45(35-14-6-3-7-15-35)51-47(52-46)41-19-9-16-37(28-41)33-12-4-2-5-13-33/h2-30H. The largest absolute Gasteiger partial charge is 0.238 e. The molecule has 5 heteroatoms. The Morgan fingerprint density at radius 1 is 0.385 bits per heavy atom. The van der Waals surface area contributed by atoms with Gasteiger partial charge in [-0.3, -0.25) is 0 Å². The lowest BCUT2D eigenvalue weighted by atomic mass is 9.90. The van der Waals surface area contributed by atoms with E-state index in [2.05, 4.69) is 65.5 Å². The van der Waals surface area contributed by atoms with Crippen LogP contribution in [0.3, 0.4) is 0 Å². The van der Waals surface area contributed by atoms with Gasteiger partial charge in [-0.25, -0.2) is 19.8 Å². The number of nitrogens with zero attached hydrogens (tertiary/aromatic N) is 5. The molecule has 52 heavy (non-hydrogen) atoms. The zero-order chi connectivity index (χ0) is 35.3. The van der Waals surface area contributed by atoms with E-state index >= 15 is 0 Å². The number of nitriles is 1. The summed E-state index contributed by atoms with van der Waals surface area (Å²) in [7, 11) is 0. The summed E-state index contributed by atoms with van der Waals surface area (Å²) in [5.74, 6) is 1.80. The number of hydrogen-bond donors (Lipinski definition) is 0. The second-order valence-electron chi connectivity index (χ2n) is 12.3. The van der Waals surface area contributed by atoms with Crippen molar-refractivity contribution in [3.05, 3.63) is 193 Å². The molecule has 8 aromatic rings. The molecule has 0 aliphatic carbocycles. The third-order valence-electron chi connectivity index (χ3n) is 8.98. The predicted molar refractivity (Wildman–Crippen MR) is 209 cm³/mol. The fraction of sp³-hybridized carbons (Fsp3) is 0. The molecule has 0 aliphatic rings. The second-order valence-corrected chi connectivity index (χ2v) is 12.3. The SMILES string of the molecule is [C-]#[N+]c1cccc(-c2ccc(-c3ccc(-c4nc(-c5ccccc5)nc(-c5cccc(-c6ccccc6)c5)n4)cc3)cc2-c2cccc(C#N)c2)c1. The van der Waals surface area contributed by atoms with Crippen LogP contribution in [0.25, 0.3) is 83.5 Å². The van der Waals surface area contributed by atoms with Crippen molar-refractivity contribution in [2.24, 2.45) is 0 Å². The summed E-state index contributed by atoms with van der Waals surface area (Å²) in [6.07, 6.45) is 0. The summed E-state index contributed by atoms with van der Waals surface area (Å²) >= 11 is 0. The molecule has 0 unspecified atom stereocenters. The van der Waals surface area contributed by atoms with Crippen LogP contribution in [0.4, 0.5) is 5.69 Å². The fourth-order valence-electron chi connectivity index (χ4n) is 6.34. The Morgan fingerprint density at radius 3 is 1.56 bits per heavy atom. The molecule has 0 spiro atoms. The zero-order valence-corrected chi connectivity index (χ0v) is 28.0. The highest BCUT2D eigenvalue weighted by molar-refractivity contribution is 5.88. The summed E-state index contributed by atoms with van der Waals surface area (Å²) in [6, 6.07) is 60.7. The first-order valence-corrected chi connectivity index (χ1v) is 16.9. The van der Waals surface area contributed by atoms with Crippen LogP contribution in [0.15, 0.2) is 176 Å². The van der Waals surface area contributed by atoms with Gasteiger partial charge in [0.1, 0.15) is 0 Å². The summed E-state index contributed by atoms with van der Waals surface area (Å²) in [5.41, 5.74) is 12.0. The molecule has 0 atom stereocenters. The van der Waals surface area contributed by atoms with Crippen molar-refractivity contribution >= 4 is 5.69 Å². The molecule has 0 radical (unpaired) electrons. The van der Waals surface area contributed by atoms with Crippen LogP contribution in [0.5, 0.6) is 0 Å². The summed E-state index contributed by atoms with van der Waals surface area (Å²) < 4.78 is 0. The first kappa shape index (κ1) is 31.8. The highest BCUT2D eigenvalue weighted by atomic mass is 15.0. The minimum Gasteiger partial charge on any atom is -0.238 e. The van der Waals surface area contributed by atoms with Crippen molar-refractivity contribution in [3.8, 4) is 84.7 Å². The third kappa shape index (κ3) is 6.59. The van der Waals surface area contributed by atoms with Crippen LogP contribution in [0.2, 0.25) is 0 Å². The molecule has 0 saturated heterocycles. The number of benzene rings is 7. The van der Waals surface area contributed by atoms with E-state index in [0.29, 0.717) is 28.7 Å². The Kier molecular flexibility index (Phi) is 8.66. The van der Waals surface area contributed by atoms with Crippen molar-refractivity contribution < 1.29 is 0 Å². The van der Waals surface area contributed by atoms with Crippen molar-refractivity contribution in [1.82, 2.24) is 15.0 Å². The van der Waals surface area contributed by atoms with Crippen LogP contribution >= 0.6 is 0 Å². The monoisotopic (exact) mass is 663 g/mol. The van der Waals surface area contributed by atoms with E-state index in [9.17, 15) is 5.26 Å². The first-order valence-electron chi connectivity index (χ1n) is 16.9. The molecule has 0 bridgehead atoms. The Morgan fingerprint density at radius 2 is 0.865 bits per heavy atom. The highest BCUT2D eigenvalue weighted by Crippen LogP contribution is 2.38. The summed E-state index contributed by atoms with van der Waals surface area (Å²) in [6.45, 7) is 7.53. The predicted octanol–water partition coefficient (Wildman–Crippen LogP) is 12.0. The van der Waals surface area contributed by atoms with Gasteiger partial charge in [0.05, 0.1) is 18.2 Å². The molecule has 0 N–H and O–H groups in total. The second kappa shape index (κ2) is 14.2. The van der Waals surface area contributed by atoms with Gasteiger partial charge in [-0.15, -0.1) is 0 Å². The van der Waals surface area contributed by atoms with Crippen molar-refractivity contribution in [3.63, 3.8) is 0 Å². The first-order chi connectivity index (χ1) is 25.6. The fourth-order valence-corrected chi connectivity index (χ4v) is 6.34. The Hall–Kier alpha value is -7.47. The minimum atomic E-state index is 0.578. The van der Waals surface area contributed by atoms with Crippen LogP contribution in [0, 0.1) is 17.9 Å². The van der Waals surface area contributed by atoms with Gasteiger partial charge in [0.2, 0.25) is 0 Å². The molecule has 0 aliphatic heterocycles. The maximum Gasteiger partial charge on any atom is 0.187 e. The average Bonchev–Trinajstić information content (AvgIpc) is 3.24. The smallest absolute Gasteiger partial charge is 0.187 e. The van der Waals surface area contributed by atoms with Crippen molar-refractivity contribution in [1.29, 1.82) is 5.26 Å². The third-order valence-corrected chi connectivity index (χ3v) is 8.98. The van der Waals surface area contributed by atoms with E-state index < -0.39 is 0 Å². The normalized spacial score (nSPS) is 10.7. The van der Waals surface area contributed by atoms with Crippen molar-refractivity contribution in [2.75, 3.05) is 0 Å². The summed E-state index contributed by atoms with van der Waals surface area (Å²) in [4.78, 5) is 18.5. The van der Waals surface area contributed by atoms with Gasteiger partial charge in [-0.1, -0.05) is 146 Å². The van der Waals surface area contributed by atoms with Gasteiger partial charge in [0, 0.05) is 16.7 Å². The molecular weight excluding hydrogens is 635 g/mol. The average molecular weight is 664 g/mol. The van der Waals surface area contributed by atoms with Gasteiger partial charge in [-0.05, 0) is 74.8 Å². The Labute approximate surface area is 302 Å². The molecule has 0 fully saturated rings. The lowest BCUT2D eigenvalue weighted by molar-refractivity contribution is 1.07. The Balaban J connectivity index is 1.20. The van der Waals surface area contributed by atoms with Crippen LogP contribution in [-0.2, 0) is 0 Å². The molecular formula is C47H29N5. The quantitative estimate of drug-likeness (QED) is 0.159. The number of hydrogen-bond acceptors (Lipinski definition) is 4. The van der Waals surface area contributed by atoms with E-state index in [1.807, 2.05) is 115 Å². The topological polar surface area (TPSA) is 66.8 Å². The van der Waals surface area contributed by atoms with E-state index in [4.69, 9.17) is 21.5 Å². The summed E-state index contributed by atoms with van der Waals surface area (Å²) in [5, 5.41) is 9.64. The molecule has 0 amide bonds. The maximum atomic E-state index is 9.64. The highest BCUT2D eigenvalue weighted by Gasteiger charge is 2.15. The lowest BCUT2D eigenvalue weighted by Gasteiger charge is -2.14. The molecule has 5 nitrogen and oxygen atoms in total. The lowest BCUT2D eigenvalue weighted by Crippen LogP contribution is -2.00. The van der Waals surface area contributed by atoms with Crippen LogP contribution in [0.1, 0.15) is 5.56 Å². The van der Waals surface area contributed by atoms with Gasteiger partial charge in [0.25, 0.3) is 0 Å². The van der Waals surface area contributed by atoms with E-state index in [1.54, 1.807) is 6.07 Å². The van der Waals surface area contributed by atoms with Gasteiger partial charge in [0.15, 0.2) is 23.2 Å². The maximum absolute atomic E-state index is 9.64. The molecule has 7 aromatic carbocycles. The molecule has 1 heterocycles. The zero-order valence-electron chi connectivity index (χ0n) is 28.0. The number of aromatic nitrogens is 3. The molecule has 8 rings (SSSR count). The molecule has 242 valence electrons. The van der Waals surface area contributed by atoms with Gasteiger partial charge >= 0.3 is 0 Å². The minimum absolute atomic E-state index is 0.578. The van der Waals surface area contributed by atoms with Crippen molar-refractivity contribution in [2.45, 2.75) is 0 Å². The van der Waals surface area contributed by atoms with Gasteiger partial charge in [-0.2, -0.15) is 5.26 Å². The van der Waals surface area contributed by atoms with Crippen LogP contribution in [-0.4, -0.2) is 15.0 Å².